The Morgan fingerprint density at radius 3 is 2.92 bits per heavy atom. The number of nitro groups is 1. The number of rotatable bonds is 5. The van der Waals surface area contributed by atoms with Gasteiger partial charge >= 0.3 is 6.09 Å². The normalized spacial score (nSPS) is 17.2. The minimum Gasteiger partial charge on any atom is -0.443 e. The molecule has 1 aromatic heterocycles. The molecule has 0 spiro atoms. The highest BCUT2D eigenvalue weighted by Crippen LogP contribution is 2.40. The van der Waals surface area contributed by atoms with Gasteiger partial charge < -0.3 is 10.5 Å². The summed E-state index contributed by atoms with van der Waals surface area (Å²) < 4.78 is 19.8. The third-order valence-corrected chi connectivity index (χ3v) is 5.55. The van der Waals surface area contributed by atoms with Crippen LogP contribution in [0.25, 0.3) is 0 Å². The van der Waals surface area contributed by atoms with Crippen molar-refractivity contribution in [3.05, 3.63) is 45.6 Å². The molecule has 2 N–H and O–H groups in total. The molecule has 0 radical (unpaired) electrons. The fraction of sp³-hybridized carbons (Fsp3) is 0.214. The molecule has 126 valence electrons. The summed E-state index contributed by atoms with van der Waals surface area (Å²) in [6.45, 7) is 0.457. The third-order valence-electron chi connectivity index (χ3n) is 3.37. The second-order valence-corrected chi connectivity index (χ2v) is 7.15. The highest BCUT2D eigenvalue weighted by molar-refractivity contribution is 8.01. The summed E-state index contributed by atoms with van der Waals surface area (Å²) in [6.07, 6.45) is -0.984. The minimum atomic E-state index is -0.570. The van der Waals surface area contributed by atoms with Gasteiger partial charge in [-0.1, -0.05) is 11.8 Å². The molecule has 0 unspecified atom stereocenters. The van der Waals surface area contributed by atoms with Gasteiger partial charge in [0.25, 0.3) is 5.69 Å². The number of thiophene rings is 1. The molecule has 1 atom stereocenters. The Hall–Kier alpha value is -2.17. The number of nitrogens with zero attached hydrogens (tertiary/aromatic N) is 2. The highest BCUT2D eigenvalue weighted by Gasteiger charge is 2.31. The van der Waals surface area contributed by atoms with Gasteiger partial charge in [-0.05, 0) is 23.6 Å². The van der Waals surface area contributed by atoms with Crippen molar-refractivity contribution in [2.75, 3.05) is 18.0 Å². The average molecular weight is 369 g/mol. The van der Waals surface area contributed by atoms with E-state index < -0.39 is 22.9 Å². The van der Waals surface area contributed by atoms with Crippen molar-refractivity contribution in [3.63, 3.8) is 0 Å². The van der Waals surface area contributed by atoms with Crippen molar-refractivity contribution < 1.29 is 18.8 Å². The molecule has 1 aliphatic rings. The summed E-state index contributed by atoms with van der Waals surface area (Å²) in [4.78, 5) is 23.7. The van der Waals surface area contributed by atoms with E-state index in [-0.39, 0.29) is 23.7 Å². The van der Waals surface area contributed by atoms with Gasteiger partial charge in [0.1, 0.15) is 16.1 Å². The average Bonchev–Trinajstić information content (AvgIpc) is 3.15. The molecule has 1 saturated heterocycles. The number of cyclic esters (lactones) is 1. The molecule has 2 heterocycles. The van der Waals surface area contributed by atoms with Crippen LogP contribution in [0.1, 0.15) is 0 Å². The quantitative estimate of drug-likeness (QED) is 0.642. The zero-order valence-electron chi connectivity index (χ0n) is 12.2. The molecule has 24 heavy (non-hydrogen) atoms. The van der Waals surface area contributed by atoms with Gasteiger partial charge in [0.05, 0.1) is 17.2 Å². The topological polar surface area (TPSA) is 98.7 Å². The minimum absolute atomic E-state index is 0.0533. The van der Waals surface area contributed by atoms with E-state index in [1.807, 2.05) is 0 Å². The Bertz CT molecular complexity index is 798. The number of hydrogen-bond donors (Lipinski definition) is 1. The maximum Gasteiger partial charge on any atom is 0.414 e. The van der Waals surface area contributed by atoms with Gasteiger partial charge in [-0.2, -0.15) is 0 Å². The molecule has 1 aliphatic heterocycles. The Morgan fingerprint density at radius 1 is 1.50 bits per heavy atom. The first kappa shape index (κ1) is 16.7. The lowest BCUT2D eigenvalue weighted by molar-refractivity contribution is -0.387. The number of nitrogens with two attached hydrogens (primary N) is 1. The molecular weight excluding hydrogens is 357 g/mol. The van der Waals surface area contributed by atoms with Crippen molar-refractivity contribution in [1.82, 2.24) is 0 Å². The maximum atomic E-state index is 14.3. The van der Waals surface area contributed by atoms with Crippen LogP contribution in [0.3, 0.4) is 0 Å². The highest BCUT2D eigenvalue weighted by atomic mass is 32.2. The molecule has 10 heteroatoms. The van der Waals surface area contributed by atoms with Gasteiger partial charge in [-0.25, -0.2) is 9.18 Å². The first-order valence-electron chi connectivity index (χ1n) is 6.87. The standard InChI is InChI=1S/C14H12FN3O4S2/c15-10-5-8(17-7-9(6-16)22-14(17)19)1-2-12(10)24-13-11(18(20)21)3-4-23-13/h1-5,9H,6-7,16H2/t9-/m0/s1. The van der Waals surface area contributed by atoms with E-state index in [1.54, 1.807) is 11.4 Å². The van der Waals surface area contributed by atoms with E-state index in [4.69, 9.17) is 10.5 Å². The van der Waals surface area contributed by atoms with Crippen LogP contribution in [0.15, 0.2) is 38.8 Å². The predicted molar refractivity (Wildman–Crippen MR) is 88.2 cm³/mol. The zero-order chi connectivity index (χ0) is 17.3. The molecule has 1 amide bonds. The number of benzene rings is 1. The summed E-state index contributed by atoms with van der Waals surface area (Å²) in [5, 5.41) is 12.5. The summed E-state index contributed by atoms with van der Waals surface area (Å²) in [7, 11) is 0. The molecule has 3 rings (SSSR count). The lowest BCUT2D eigenvalue weighted by Gasteiger charge is -2.13. The third kappa shape index (κ3) is 3.21. The van der Waals surface area contributed by atoms with Crippen molar-refractivity contribution in [1.29, 1.82) is 0 Å². The maximum absolute atomic E-state index is 14.3. The van der Waals surface area contributed by atoms with Crippen LogP contribution in [0.2, 0.25) is 0 Å². The van der Waals surface area contributed by atoms with Crippen LogP contribution < -0.4 is 10.6 Å². The van der Waals surface area contributed by atoms with Crippen LogP contribution in [0, 0.1) is 15.9 Å². The van der Waals surface area contributed by atoms with Crippen LogP contribution in [0.4, 0.5) is 20.6 Å². The first-order chi connectivity index (χ1) is 11.5. The van der Waals surface area contributed by atoms with Crippen LogP contribution >= 0.6 is 23.1 Å². The van der Waals surface area contributed by atoms with Gasteiger partial charge in [0, 0.05) is 17.5 Å². The predicted octanol–water partition coefficient (Wildman–Crippen LogP) is 3.23. The molecule has 0 saturated carbocycles. The number of halogens is 1. The Balaban J connectivity index is 1.82. The van der Waals surface area contributed by atoms with Crippen molar-refractivity contribution >= 4 is 40.6 Å². The summed E-state index contributed by atoms with van der Waals surface area (Å²) in [6, 6.07) is 5.65. The fourth-order valence-electron chi connectivity index (χ4n) is 2.20. The largest absolute Gasteiger partial charge is 0.443 e. The van der Waals surface area contributed by atoms with Crippen molar-refractivity contribution in [2.45, 2.75) is 15.2 Å². The van der Waals surface area contributed by atoms with E-state index in [0.29, 0.717) is 9.90 Å². The zero-order valence-corrected chi connectivity index (χ0v) is 13.8. The Kier molecular flexibility index (Phi) is 4.69. The number of ether oxygens (including phenoxy) is 1. The molecule has 0 aliphatic carbocycles. The van der Waals surface area contributed by atoms with Crippen molar-refractivity contribution in [3.8, 4) is 0 Å². The summed E-state index contributed by atoms with van der Waals surface area (Å²) in [5.41, 5.74) is 5.78. The van der Waals surface area contributed by atoms with E-state index in [2.05, 4.69) is 0 Å². The van der Waals surface area contributed by atoms with Gasteiger partial charge in [0.2, 0.25) is 0 Å². The SMILES string of the molecule is NC[C@H]1CN(c2ccc(Sc3sccc3[N+](=O)[O-])c(F)c2)C(=O)O1. The monoisotopic (exact) mass is 369 g/mol. The Labute approximate surface area is 144 Å². The first-order valence-corrected chi connectivity index (χ1v) is 8.56. The number of amides is 1. The van der Waals surface area contributed by atoms with E-state index in [0.717, 1.165) is 11.8 Å². The molecule has 1 aromatic carbocycles. The van der Waals surface area contributed by atoms with Gasteiger partial charge in [-0.3, -0.25) is 15.0 Å². The number of carbonyl (C=O) groups is 1. The Morgan fingerprint density at radius 2 is 2.29 bits per heavy atom. The molecule has 1 fully saturated rings. The number of hydrogen-bond acceptors (Lipinski definition) is 7. The van der Waals surface area contributed by atoms with Crippen LogP contribution in [-0.4, -0.2) is 30.2 Å². The second kappa shape index (κ2) is 6.75. The molecule has 0 bridgehead atoms. The van der Waals surface area contributed by atoms with Crippen molar-refractivity contribution in [2.24, 2.45) is 5.73 Å². The van der Waals surface area contributed by atoms with Gasteiger partial charge in [0.15, 0.2) is 0 Å². The summed E-state index contributed by atoms with van der Waals surface area (Å²) in [5.74, 6) is -0.566. The van der Waals surface area contributed by atoms with E-state index >= 15 is 0 Å². The molecule has 2 aromatic rings. The number of carbonyl (C=O) groups excluding carboxylic acids is 1. The smallest absolute Gasteiger partial charge is 0.414 e. The fourth-order valence-corrected chi connectivity index (χ4v) is 4.15. The number of anilines is 1. The van der Waals surface area contributed by atoms with Crippen LogP contribution in [0.5, 0.6) is 0 Å². The van der Waals surface area contributed by atoms with E-state index in [9.17, 15) is 19.3 Å². The van der Waals surface area contributed by atoms with Crippen LogP contribution in [-0.2, 0) is 4.74 Å². The van der Waals surface area contributed by atoms with E-state index in [1.165, 1.54) is 34.4 Å². The lowest BCUT2D eigenvalue weighted by atomic mass is 10.2. The van der Waals surface area contributed by atoms with Gasteiger partial charge in [-0.15, -0.1) is 11.3 Å². The molecule has 7 nitrogen and oxygen atoms in total. The second-order valence-electron chi connectivity index (χ2n) is 4.92. The summed E-state index contributed by atoms with van der Waals surface area (Å²) >= 11 is 2.15. The lowest BCUT2D eigenvalue weighted by Crippen LogP contribution is -2.27. The molecular formula is C14H12FN3O4S2.